The lowest BCUT2D eigenvalue weighted by atomic mass is 10.1. The number of carbonyl (C=O) groups excluding carboxylic acids is 1. The summed E-state index contributed by atoms with van der Waals surface area (Å²) in [4.78, 5) is 13.9. The number of hydrogen-bond donors (Lipinski definition) is 1. The Morgan fingerprint density at radius 2 is 2.06 bits per heavy atom. The molecule has 1 aliphatic rings. The first kappa shape index (κ1) is 11.1. The topological polar surface area (TPSA) is 32.3 Å². The van der Waals surface area contributed by atoms with Gasteiger partial charge in [0.15, 0.2) is 0 Å². The van der Waals surface area contributed by atoms with Crippen LogP contribution in [0, 0.1) is 12.7 Å². The molecular weight excluding hydrogens is 207 g/mol. The van der Waals surface area contributed by atoms with Crippen molar-refractivity contribution < 1.29 is 9.18 Å². The fourth-order valence-electron chi connectivity index (χ4n) is 1.86. The van der Waals surface area contributed by atoms with Crippen molar-refractivity contribution in [3.8, 4) is 0 Å². The number of amides is 1. The van der Waals surface area contributed by atoms with Crippen LogP contribution in [0.15, 0.2) is 18.2 Å². The van der Waals surface area contributed by atoms with Crippen molar-refractivity contribution in [3.63, 3.8) is 0 Å². The number of hydrogen-bond acceptors (Lipinski definition) is 2. The van der Waals surface area contributed by atoms with E-state index in [4.69, 9.17) is 0 Å². The molecule has 0 spiro atoms. The maximum Gasteiger partial charge on any atom is 0.254 e. The molecule has 2 rings (SSSR count). The summed E-state index contributed by atoms with van der Waals surface area (Å²) in [7, 11) is 0. The number of aryl methyl sites for hydroxylation is 1. The summed E-state index contributed by atoms with van der Waals surface area (Å²) in [6.45, 7) is 4.82. The van der Waals surface area contributed by atoms with E-state index in [1.807, 2.05) is 6.92 Å². The predicted octanol–water partition coefficient (Wildman–Crippen LogP) is 1.18. The van der Waals surface area contributed by atoms with Gasteiger partial charge in [-0.15, -0.1) is 0 Å². The first-order valence-corrected chi connectivity index (χ1v) is 5.44. The van der Waals surface area contributed by atoms with Crippen LogP contribution in [0.4, 0.5) is 4.39 Å². The van der Waals surface area contributed by atoms with Gasteiger partial charge in [0.05, 0.1) is 0 Å². The zero-order valence-corrected chi connectivity index (χ0v) is 9.29. The van der Waals surface area contributed by atoms with Gasteiger partial charge < -0.3 is 10.2 Å². The van der Waals surface area contributed by atoms with Crippen LogP contribution in [0.3, 0.4) is 0 Å². The highest BCUT2D eigenvalue weighted by Gasteiger charge is 2.19. The van der Waals surface area contributed by atoms with Gasteiger partial charge in [0.2, 0.25) is 0 Å². The van der Waals surface area contributed by atoms with Gasteiger partial charge in [0.25, 0.3) is 5.91 Å². The number of nitrogens with zero attached hydrogens (tertiary/aromatic N) is 1. The number of benzene rings is 1. The highest BCUT2D eigenvalue weighted by Crippen LogP contribution is 2.13. The molecule has 0 aliphatic carbocycles. The molecule has 0 aromatic heterocycles. The number of halogens is 1. The minimum Gasteiger partial charge on any atom is -0.336 e. The largest absolute Gasteiger partial charge is 0.336 e. The van der Waals surface area contributed by atoms with E-state index in [1.165, 1.54) is 12.1 Å². The third kappa shape index (κ3) is 2.22. The van der Waals surface area contributed by atoms with E-state index in [0.717, 1.165) is 18.7 Å². The zero-order valence-electron chi connectivity index (χ0n) is 9.29. The van der Waals surface area contributed by atoms with Crippen molar-refractivity contribution in [1.82, 2.24) is 10.2 Å². The Hall–Kier alpha value is -1.42. The second kappa shape index (κ2) is 4.61. The highest BCUT2D eigenvalue weighted by molar-refractivity contribution is 5.95. The van der Waals surface area contributed by atoms with E-state index in [9.17, 15) is 9.18 Å². The van der Waals surface area contributed by atoms with E-state index >= 15 is 0 Å². The van der Waals surface area contributed by atoms with Gasteiger partial charge in [-0.1, -0.05) is 6.07 Å². The molecule has 0 radical (unpaired) electrons. The lowest BCUT2D eigenvalue weighted by Crippen LogP contribution is -2.46. The minimum absolute atomic E-state index is 0.0708. The molecule has 1 amide bonds. The molecule has 0 saturated carbocycles. The molecule has 0 unspecified atom stereocenters. The van der Waals surface area contributed by atoms with Crippen LogP contribution in [0.25, 0.3) is 0 Å². The van der Waals surface area contributed by atoms with Gasteiger partial charge in [0.1, 0.15) is 5.82 Å². The molecule has 1 N–H and O–H groups in total. The Kier molecular flexibility index (Phi) is 3.19. The van der Waals surface area contributed by atoms with Gasteiger partial charge >= 0.3 is 0 Å². The first-order chi connectivity index (χ1) is 7.68. The second-order valence-corrected chi connectivity index (χ2v) is 4.00. The standard InChI is InChI=1S/C12H15FN2O/c1-9-2-3-10(13)8-11(9)12(16)15-6-4-14-5-7-15/h2-3,8,14H,4-7H2,1H3. The lowest BCUT2D eigenvalue weighted by molar-refractivity contribution is 0.0734. The summed E-state index contributed by atoms with van der Waals surface area (Å²) >= 11 is 0. The van der Waals surface area contributed by atoms with Crippen LogP contribution in [-0.4, -0.2) is 37.0 Å². The number of rotatable bonds is 1. The molecular formula is C12H15FN2O. The fourth-order valence-corrected chi connectivity index (χ4v) is 1.86. The smallest absolute Gasteiger partial charge is 0.254 e. The summed E-state index contributed by atoms with van der Waals surface area (Å²) in [6.07, 6.45) is 0. The number of carbonyl (C=O) groups is 1. The maximum atomic E-state index is 13.1. The van der Waals surface area contributed by atoms with Crippen LogP contribution in [-0.2, 0) is 0 Å². The van der Waals surface area contributed by atoms with E-state index in [2.05, 4.69) is 5.32 Å². The van der Waals surface area contributed by atoms with Crippen molar-refractivity contribution in [2.75, 3.05) is 26.2 Å². The molecule has 1 fully saturated rings. The molecule has 0 atom stereocenters. The van der Waals surface area contributed by atoms with Crippen molar-refractivity contribution in [3.05, 3.63) is 35.1 Å². The Morgan fingerprint density at radius 3 is 2.75 bits per heavy atom. The molecule has 3 nitrogen and oxygen atoms in total. The van der Waals surface area contributed by atoms with E-state index in [1.54, 1.807) is 11.0 Å². The minimum atomic E-state index is -0.357. The molecule has 1 heterocycles. The van der Waals surface area contributed by atoms with Gasteiger partial charge in [0, 0.05) is 31.7 Å². The highest BCUT2D eigenvalue weighted by atomic mass is 19.1. The van der Waals surface area contributed by atoms with E-state index in [-0.39, 0.29) is 11.7 Å². The number of piperazine rings is 1. The lowest BCUT2D eigenvalue weighted by Gasteiger charge is -2.28. The van der Waals surface area contributed by atoms with Crippen molar-refractivity contribution in [2.45, 2.75) is 6.92 Å². The average molecular weight is 222 g/mol. The summed E-state index contributed by atoms with van der Waals surface area (Å²) in [5.74, 6) is -0.428. The molecule has 1 aromatic rings. The van der Waals surface area contributed by atoms with Crippen molar-refractivity contribution in [2.24, 2.45) is 0 Å². The van der Waals surface area contributed by atoms with E-state index < -0.39 is 0 Å². The van der Waals surface area contributed by atoms with Gasteiger partial charge in [-0.3, -0.25) is 4.79 Å². The molecule has 4 heteroatoms. The van der Waals surface area contributed by atoms with E-state index in [0.29, 0.717) is 18.7 Å². The quantitative estimate of drug-likeness (QED) is 0.774. The van der Waals surface area contributed by atoms with Crippen molar-refractivity contribution in [1.29, 1.82) is 0 Å². The Bertz CT molecular complexity index is 400. The fraction of sp³-hybridized carbons (Fsp3) is 0.417. The third-order valence-corrected chi connectivity index (χ3v) is 2.83. The Balaban J connectivity index is 2.22. The van der Waals surface area contributed by atoms with Crippen LogP contribution in [0.1, 0.15) is 15.9 Å². The first-order valence-electron chi connectivity index (χ1n) is 5.44. The van der Waals surface area contributed by atoms with Crippen LogP contribution in [0.5, 0.6) is 0 Å². The molecule has 1 saturated heterocycles. The van der Waals surface area contributed by atoms with Gasteiger partial charge in [-0.25, -0.2) is 4.39 Å². The van der Waals surface area contributed by atoms with Crippen molar-refractivity contribution >= 4 is 5.91 Å². The summed E-state index contributed by atoms with van der Waals surface area (Å²) in [5, 5.41) is 3.18. The second-order valence-electron chi connectivity index (χ2n) is 4.00. The maximum absolute atomic E-state index is 13.1. The summed E-state index contributed by atoms with van der Waals surface area (Å²) in [5.41, 5.74) is 1.30. The SMILES string of the molecule is Cc1ccc(F)cc1C(=O)N1CCNCC1. The normalized spacial score (nSPS) is 16.2. The Morgan fingerprint density at radius 1 is 1.38 bits per heavy atom. The molecule has 1 aromatic carbocycles. The molecule has 0 bridgehead atoms. The number of nitrogens with one attached hydrogen (secondary N) is 1. The van der Waals surface area contributed by atoms with Crippen LogP contribution >= 0.6 is 0 Å². The van der Waals surface area contributed by atoms with Crippen LogP contribution in [0.2, 0.25) is 0 Å². The van der Waals surface area contributed by atoms with Gasteiger partial charge in [-0.2, -0.15) is 0 Å². The predicted molar refractivity (Wildman–Crippen MR) is 59.9 cm³/mol. The average Bonchev–Trinajstić information content (AvgIpc) is 2.32. The Labute approximate surface area is 94.3 Å². The third-order valence-electron chi connectivity index (χ3n) is 2.83. The zero-order chi connectivity index (χ0) is 11.5. The molecule has 86 valence electrons. The summed E-state index contributed by atoms with van der Waals surface area (Å²) in [6, 6.07) is 4.34. The van der Waals surface area contributed by atoms with Crippen LogP contribution < -0.4 is 5.32 Å². The van der Waals surface area contributed by atoms with Gasteiger partial charge in [-0.05, 0) is 24.6 Å². The molecule has 16 heavy (non-hydrogen) atoms. The molecule has 1 aliphatic heterocycles. The monoisotopic (exact) mass is 222 g/mol. The summed E-state index contributed by atoms with van der Waals surface area (Å²) < 4.78 is 13.1.